The summed E-state index contributed by atoms with van der Waals surface area (Å²) in [6.45, 7) is 4.96. The number of hydrogen-bond acceptors (Lipinski definition) is 5. The van der Waals surface area contributed by atoms with Crippen molar-refractivity contribution >= 4 is 17.1 Å². The second-order valence-electron chi connectivity index (χ2n) is 7.43. The quantitative estimate of drug-likeness (QED) is 0.726. The summed E-state index contributed by atoms with van der Waals surface area (Å²) in [6, 6.07) is 8.73. The van der Waals surface area contributed by atoms with Crippen LogP contribution in [0.15, 0.2) is 28.7 Å². The van der Waals surface area contributed by atoms with Gasteiger partial charge < -0.3 is 9.32 Å². The Labute approximate surface area is 153 Å². The lowest BCUT2D eigenvalue weighted by atomic mass is 9.95. The number of oxazole rings is 1. The van der Waals surface area contributed by atoms with E-state index in [2.05, 4.69) is 26.5 Å². The molecule has 1 saturated heterocycles. The molecule has 2 aromatic heterocycles. The summed E-state index contributed by atoms with van der Waals surface area (Å²) < 4.78 is 8.04. The van der Waals surface area contributed by atoms with Gasteiger partial charge in [-0.1, -0.05) is 12.1 Å². The molecule has 2 aliphatic rings. The number of benzene rings is 1. The molecule has 5 rings (SSSR count). The van der Waals surface area contributed by atoms with Crippen molar-refractivity contribution in [2.45, 2.75) is 32.2 Å². The zero-order valence-corrected chi connectivity index (χ0v) is 15.3. The van der Waals surface area contributed by atoms with Crippen molar-refractivity contribution in [2.24, 2.45) is 7.05 Å². The van der Waals surface area contributed by atoms with Crippen LogP contribution in [0.3, 0.4) is 0 Å². The smallest absolute Gasteiger partial charge is 0.298 e. The van der Waals surface area contributed by atoms with Crippen LogP contribution in [0, 0.1) is 0 Å². The number of hydrogen-bond donors (Lipinski definition) is 0. The van der Waals surface area contributed by atoms with Crippen LogP contribution in [-0.4, -0.2) is 45.8 Å². The van der Waals surface area contributed by atoms with Crippen LogP contribution in [0.4, 0.5) is 6.01 Å². The van der Waals surface area contributed by atoms with Crippen LogP contribution in [0.2, 0.25) is 0 Å². The molecule has 0 unspecified atom stereocenters. The van der Waals surface area contributed by atoms with Gasteiger partial charge >= 0.3 is 0 Å². The number of anilines is 1. The average molecular weight is 351 g/mol. The summed E-state index contributed by atoms with van der Waals surface area (Å²) in [6.07, 6.45) is 4.93. The van der Waals surface area contributed by atoms with Crippen molar-refractivity contribution in [3.8, 4) is 0 Å². The van der Waals surface area contributed by atoms with Crippen molar-refractivity contribution in [3.05, 3.63) is 41.2 Å². The summed E-state index contributed by atoms with van der Waals surface area (Å²) in [5, 5.41) is 4.76. The zero-order valence-electron chi connectivity index (χ0n) is 15.3. The van der Waals surface area contributed by atoms with Crippen LogP contribution in [-0.2, 0) is 26.4 Å². The highest BCUT2D eigenvalue weighted by Gasteiger charge is 2.24. The highest BCUT2D eigenvalue weighted by molar-refractivity contribution is 5.74. The maximum Gasteiger partial charge on any atom is 0.298 e. The third-order valence-corrected chi connectivity index (χ3v) is 5.75. The fraction of sp³-hybridized carbons (Fsp3) is 0.500. The van der Waals surface area contributed by atoms with E-state index in [1.165, 1.54) is 36.2 Å². The normalized spacial score (nSPS) is 18.4. The van der Waals surface area contributed by atoms with Gasteiger partial charge in [0.2, 0.25) is 0 Å². The Hall–Kier alpha value is -2.34. The molecule has 1 aromatic carbocycles. The fourth-order valence-corrected chi connectivity index (χ4v) is 4.25. The Balaban J connectivity index is 1.27. The van der Waals surface area contributed by atoms with Gasteiger partial charge in [-0.2, -0.15) is 10.1 Å². The topological polar surface area (TPSA) is 50.3 Å². The van der Waals surface area contributed by atoms with E-state index in [1.54, 1.807) is 0 Å². The van der Waals surface area contributed by atoms with E-state index in [4.69, 9.17) is 9.52 Å². The second-order valence-corrected chi connectivity index (χ2v) is 7.43. The first-order chi connectivity index (χ1) is 12.8. The first-order valence-corrected chi connectivity index (χ1v) is 9.64. The van der Waals surface area contributed by atoms with E-state index in [9.17, 15) is 0 Å². The van der Waals surface area contributed by atoms with Crippen LogP contribution >= 0.6 is 0 Å². The van der Waals surface area contributed by atoms with Gasteiger partial charge in [-0.05, 0) is 43.4 Å². The molecule has 0 amide bonds. The van der Waals surface area contributed by atoms with Gasteiger partial charge in [0.15, 0.2) is 5.58 Å². The predicted molar refractivity (Wildman–Crippen MR) is 101 cm³/mol. The summed E-state index contributed by atoms with van der Waals surface area (Å²) in [5.74, 6) is 0. The number of rotatable bonds is 3. The Morgan fingerprint density at radius 1 is 1.04 bits per heavy atom. The van der Waals surface area contributed by atoms with Gasteiger partial charge in [0.05, 0.1) is 11.4 Å². The molecule has 1 fully saturated rings. The summed E-state index contributed by atoms with van der Waals surface area (Å²) in [4.78, 5) is 9.43. The van der Waals surface area contributed by atoms with Gasteiger partial charge in [0.1, 0.15) is 5.52 Å². The number of fused-ring (bicyclic) bond motifs is 2. The predicted octanol–water partition coefficient (Wildman–Crippen LogP) is 2.76. The first-order valence-electron chi connectivity index (χ1n) is 9.64. The third-order valence-electron chi connectivity index (χ3n) is 5.75. The van der Waals surface area contributed by atoms with E-state index in [0.29, 0.717) is 0 Å². The fourth-order valence-electron chi connectivity index (χ4n) is 4.25. The van der Waals surface area contributed by atoms with E-state index in [0.717, 1.165) is 56.3 Å². The van der Waals surface area contributed by atoms with Gasteiger partial charge in [0.25, 0.3) is 6.01 Å². The molecule has 6 heteroatoms. The Bertz CT molecular complexity index is 887. The molecule has 6 nitrogen and oxygen atoms in total. The van der Waals surface area contributed by atoms with Crippen molar-refractivity contribution < 1.29 is 4.42 Å². The largest absolute Gasteiger partial charge is 0.423 e. The van der Waals surface area contributed by atoms with Crippen molar-refractivity contribution in [3.63, 3.8) is 0 Å². The van der Waals surface area contributed by atoms with Gasteiger partial charge in [0, 0.05) is 39.8 Å². The molecular formula is C20H25N5O. The lowest BCUT2D eigenvalue weighted by molar-refractivity contribution is 0.239. The van der Waals surface area contributed by atoms with Crippen LogP contribution in [0.1, 0.15) is 29.8 Å². The molecule has 0 N–H and O–H groups in total. The molecule has 26 heavy (non-hydrogen) atoms. The molecule has 1 aliphatic heterocycles. The SMILES string of the molecule is Cn1nc2c(c1CN1CCN(c3nc4ccccc4o3)CC1)CCCC2. The Morgan fingerprint density at radius 3 is 2.69 bits per heavy atom. The Kier molecular flexibility index (Phi) is 3.93. The van der Waals surface area contributed by atoms with Crippen molar-refractivity contribution in [1.29, 1.82) is 0 Å². The minimum atomic E-state index is 0.753. The lowest BCUT2D eigenvalue weighted by Crippen LogP contribution is -2.46. The standard InChI is InChI=1S/C20H25N5O/c1-23-18(15-6-2-3-7-16(15)22-23)14-24-10-12-25(13-11-24)20-21-17-8-4-5-9-19(17)26-20/h4-5,8-9H,2-3,6-7,10-14H2,1H3. The second kappa shape index (κ2) is 6.43. The molecule has 0 saturated carbocycles. The highest BCUT2D eigenvalue weighted by Crippen LogP contribution is 2.26. The van der Waals surface area contributed by atoms with Gasteiger partial charge in [-0.3, -0.25) is 9.58 Å². The summed E-state index contributed by atoms with van der Waals surface area (Å²) >= 11 is 0. The van der Waals surface area contributed by atoms with Gasteiger partial charge in [-0.25, -0.2) is 0 Å². The molecule has 0 bridgehead atoms. The molecule has 1 aliphatic carbocycles. The monoisotopic (exact) mass is 351 g/mol. The molecule has 3 heterocycles. The summed E-state index contributed by atoms with van der Waals surface area (Å²) in [5.41, 5.74) is 6.06. The molecule has 0 atom stereocenters. The molecular weight excluding hydrogens is 326 g/mol. The van der Waals surface area contributed by atoms with E-state index >= 15 is 0 Å². The third kappa shape index (κ3) is 2.78. The Morgan fingerprint density at radius 2 is 1.85 bits per heavy atom. The lowest BCUT2D eigenvalue weighted by Gasteiger charge is -2.34. The molecule has 136 valence electrons. The van der Waals surface area contributed by atoms with Crippen LogP contribution in [0.25, 0.3) is 11.1 Å². The van der Waals surface area contributed by atoms with Gasteiger partial charge in [-0.15, -0.1) is 0 Å². The van der Waals surface area contributed by atoms with Crippen LogP contribution < -0.4 is 4.90 Å². The zero-order chi connectivity index (χ0) is 17.5. The number of aryl methyl sites for hydroxylation is 2. The molecule has 0 radical (unpaired) electrons. The highest BCUT2D eigenvalue weighted by atomic mass is 16.4. The number of piperazine rings is 1. The minimum absolute atomic E-state index is 0.753. The maximum atomic E-state index is 5.92. The van der Waals surface area contributed by atoms with E-state index in [-0.39, 0.29) is 0 Å². The van der Waals surface area contributed by atoms with E-state index in [1.807, 2.05) is 24.3 Å². The molecule has 0 spiro atoms. The number of nitrogens with zero attached hydrogens (tertiary/aromatic N) is 5. The summed E-state index contributed by atoms with van der Waals surface area (Å²) in [7, 11) is 2.10. The first kappa shape index (κ1) is 15.9. The number of para-hydroxylation sites is 2. The maximum absolute atomic E-state index is 5.92. The van der Waals surface area contributed by atoms with E-state index < -0.39 is 0 Å². The minimum Gasteiger partial charge on any atom is -0.423 e. The van der Waals surface area contributed by atoms with Crippen LogP contribution in [0.5, 0.6) is 0 Å². The van der Waals surface area contributed by atoms with Crippen molar-refractivity contribution in [1.82, 2.24) is 19.7 Å². The number of aromatic nitrogens is 3. The van der Waals surface area contributed by atoms with Crippen molar-refractivity contribution in [2.75, 3.05) is 31.1 Å². The molecule has 3 aromatic rings. The average Bonchev–Trinajstić information content (AvgIpc) is 3.24.